The third-order valence-corrected chi connectivity index (χ3v) is 4.23. The molecule has 0 bridgehead atoms. The van der Waals surface area contributed by atoms with E-state index in [2.05, 4.69) is 29.2 Å². The molecule has 116 valence electrons. The number of aliphatic hydroxyl groups is 1. The molecule has 1 aliphatic heterocycles. The van der Waals surface area contributed by atoms with Gasteiger partial charge in [0.2, 0.25) is 0 Å². The highest BCUT2D eigenvalue weighted by atomic mass is 16.5. The average molecular weight is 297 g/mol. The van der Waals surface area contributed by atoms with Crippen molar-refractivity contribution in [2.75, 3.05) is 19.7 Å². The molecule has 3 heteroatoms. The molecule has 0 amide bonds. The van der Waals surface area contributed by atoms with Crippen LogP contribution in [-0.4, -0.2) is 29.7 Å². The van der Waals surface area contributed by atoms with Gasteiger partial charge >= 0.3 is 0 Å². The Labute approximate surface area is 132 Å². The Balaban J connectivity index is 1.63. The third kappa shape index (κ3) is 3.87. The number of nitrogens with zero attached hydrogens (tertiary/aromatic N) is 1. The van der Waals surface area contributed by atoms with E-state index in [1.54, 1.807) is 0 Å². The van der Waals surface area contributed by atoms with Crippen molar-refractivity contribution in [2.45, 2.75) is 19.6 Å². The number of para-hydroxylation sites is 1. The summed E-state index contributed by atoms with van der Waals surface area (Å²) in [6, 6.07) is 18.5. The van der Waals surface area contributed by atoms with Gasteiger partial charge in [-0.1, -0.05) is 48.5 Å². The molecule has 0 spiro atoms. The maximum atomic E-state index is 9.26. The first kappa shape index (κ1) is 15.1. The van der Waals surface area contributed by atoms with E-state index in [1.165, 1.54) is 11.1 Å². The van der Waals surface area contributed by atoms with Crippen molar-refractivity contribution in [3.63, 3.8) is 0 Å². The quantitative estimate of drug-likeness (QED) is 0.889. The standard InChI is InChI=1S/C19H23NO2/c21-14-17-10-11-20(12-17)13-18-8-4-5-9-19(18)22-15-16-6-2-1-3-7-16/h1-9,17,21H,10-15H2. The lowest BCUT2D eigenvalue weighted by Gasteiger charge is -2.18. The van der Waals surface area contributed by atoms with Crippen molar-refractivity contribution in [3.8, 4) is 5.75 Å². The average Bonchev–Trinajstić information content (AvgIpc) is 3.03. The number of likely N-dealkylation sites (tertiary alicyclic amines) is 1. The van der Waals surface area contributed by atoms with E-state index >= 15 is 0 Å². The molecule has 1 N–H and O–H groups in total. The number of benzene rings is 2. The molecule has 2 aromatic rings. The molecule has 22 heavy (non-hydrogen) atoms. The van der Waals surface area contributed by atoms with Crippen molar-refractivity contribution in [1.29, 1.82) is 0 Å². The summed E-state index contributed by atoms with van der Waals surface area (Å²) in [6.07, 6.45) is 1.09. The molecule has 0 aliphatic carbocycles. The second kappa shape index (κ2) is 7.43. The maximum absolute atomic E-state index is 9.26. The van der Waals surface area contributed by atoms with Gasteiger partial charge in [0, 0.05) is 25.3 Å². The van der Waals surface area contributed by atoms with Crippen molar-refractivity contribution in [2.24, 2.45) is 5.92 Å². The molecule has 1 fully saturated rings. The Morgan fingerprint density at radius 2 is 1.82 bits per heavy atom. The molecule has 2 aromatic carbocycles. The van der Waals surface area contributed by atoms with E-state index in [1.807, 2.05) is 30.3 Å². The van der Waals surface area contributed by atoms with Gasteiger partial charge in [-0.2, -0.15) is 0 Å². The second-order valence-electron chi connectivity index (χ2n) is 5.95. The van der Waals surface area contributed by atoms with Crippen LogP contribution in [-0.2, 0) is 13.2 Å². The second-order valence-corrected chi connectivity index (χ2v) is 5.95. The molecule has 1 heterocycles. The lowest BCUT2D eigenvalue weighted by atomic mass is 10.1. The summed E-state index contributed by atoms with van der Waals surface area (Å²) >= 11 is 0. The summed E-state index contributed by atoms with van der Waals surface area (Å²) in [6.45, 7) is 3.81. The van der Waals surface area contributed by atoms with Crippen LogP contribution in [0.25, 0.3) is 0 Å². The van der Waals surface area contributed by atoms with Gasteiger partial charge in [0.1, 0.15) is 12.4 Å². The summed E-state index contributed by atoms with van der Waals surface area (Å²) in [7, 11) is 0. The number of hydrogen-bond acceptors (Lipinski definition) is 3. The first-order valence-corrected chi connectivity index (χ1v) is 7.93. The fourth-order valence-corrected chi connectivity index (χ4v) is 2.96. The minimum absolute atomic E-state index is 0.294. The van der Waals surface area contributed by atoms with Crippen molar-refractivity contribution < 1.29 is 9.84 Å². The first-order valence-electron chi connectivity index (χ1n) is 7.93. The normalized spacial score (nSPS) is 18.5. The molecule has 0 saturated carbocycles. The topological polar surface area (TPSA) is 32.7 Å². The van der Waals surface area contributed by atoms with Crippen molar-refractivity contribution >= 4 is 0 Å². The highest BCUT2D eigenvalue weighted by molar-refractivity contribution is 5.33. The summed E-state index contributed by atoms with van der Waals surface area (Å²) in [4.78, 5) is 2.39. The van der Waals surface area contributed by atoms with Crippen LogP contribution in [0, 0.1) is 5.92 Å². The number of ether oxygens (including phenoxy) is 1. The van der Waals surface area contributed by atoms with Gasteiger partial charge in [-0.15, -0.1) is 0 Å². The van der Waals surface area contributed by atoms with Gasteiger partial charge in [-0.3, -0.25) is 4.90 Å². The van der Waals surface area contributed by atoms with Gasteiger partial charge in [0.05, 0.1) is 0 Å². The maximum Gasteiger partial charge on any atom is 0.124 e. The Bertz CT molecular complexity index is 585. The minimum atomic E-state index is 0.294. The fourth-order valence-electron chi connectivity index (χ4n) is 2.96. The Morgan fingerprint density at radius 1 is 1.05 bits per heavy atom. The molecule has 1 saturated heterocycles. The zero-order valence-electron chi connectivity index (χ0n) is 12.8. The first-order chi connectivity index (χ1) is 10.8. The SMILES string of the molecule is OCC1CCN(Cc2ccccc2OCc2ccccc2)C1. The third-order valence-electron chi connectivity index (χ3n) is 4.23. The summed E-state index contributed by atoms with van der Waals surface area (Å²) in [5.41, 5.74) is 2.40. The highest BCUT2D eigenvalue weighted by Gasteiger charge is 2.22. The van der Waals surface area contributed by atoms with E-state index in [9.17, 15) is 5.11 Å². The number of rotatable bonds is 6. The Hall–Kier alpha value is -1.84. The zero-order chi connectivity index (χ0) is 15.2. The van der Waals surface area contributed by atoms with Crippen LogP contribution in [0.4, 0.5) is 0 Å². The molecule has 0 aromatic heterocycles. The van der Waals surface area contributed by atoms with Crippen LogP contribution in [0.3, 0.4) is 0 Å². The predicted molar refractivity (Wildman–Crippen MR) is 87.7 cm³/mol. The zero-order valence-corrected chi connectivity index (χ0v) is 12.8. The summed E-state index contributed by atoms with van der Waals surface area (Å²) < 4.78 is 6.01. The molecule has 0 radical (unpaired) electrons. The molecular weight excluding hydrogens is 274 g/mol. The van der Waals surface area contributed by atoms with E-state index in [0.29, 0.717) is 19.1 Å². The molecular formula is C19H23NO2. The van der Waals surface area contributed by atoms with Crippen LogP contribution >= 0.6 is 0 Å². The van der Waals surface area contributed by atoms with E-state index in [4.69, 9.17) is 4.74 Å². The summed E-state index contributed by atoms with van der Waals surface area (Å²) in [5, 5.41) is 9.26. The Kier molecular flexibility index (Phi) is 5.09. The van der Waals surface area contributed by atoms with Crippen LogP contribution < -0.4 is 4.74 Å². The van der Waals surface area contributed by atoms with E-state index in [-0.39, 0.29) is 0 Å². The lowest BCUT2D eigenvalue weighted by molar-refractivity contribution is 0.219. The van der Waals surface area contributed by atoms with Crippen LogP contribution in [0.15, 0.2) is 54.6 Å². The van der Waals surface area contributed by atoms with Gasteiger partial charge in [-0.05, 0) is 30.5 Å². The van der Waals surface area contributed by atoms with Gasteiger partial charge in [0.25, 0.3) is 0 Å². The number of aliphatic hydroxyl groups excluding tert-OH is 1. The monoisotopic (exact) mass is 297 g/mol. The molecule has 1 aliphatic rings. The van der Waals surface area contributed by atoms with Crippen LogP contribution in [0.5, 0.6) is 5.75 Å². The predicted octanol–water partition coefficient (Wildman–Crippen LogP) is 3.08. The highest BCUT2D eigenvalue weighted by Crippen LogP contribution is 2.24. The van der Waals surface area contributed by atoms with Crippen molar-refractivity contribution in [1.82, 2.24) is 4.90 Å². The smallest absolute Gasteiger partial charge is 0.124 e. The van der Waals surface area contributed by atoms with E-state index in [0.717, 1.165) is 31.8 Å². The van der Waals surface area contributed by atoms with Crippen LogP contribution in [0.1, 0.15) is 17.5 Å². The molecule has 1 unspecified atom stereocenters. The Morgan fingerprint density at radius 3 is 2.59 bits per heavy atom. The van der Waals surface area contributed by atoms with E-state index < -0.39 is 0 Å². The summed E-state index contributed by atoms with van der Waals surface area (Å²) in [5.74, 6) is 1.39. The van der Waals surface area contributed by atoms with Gasteiger partial charge in [-0.25, -0.2) is 0 Å². The molecule has 3 nitrogen and oxygen atoms in total. The largest absolute Gasteiger partial charge is 0.489 e. The van der Waals surface area contributed by atoms with Gasteiger partial charge < -0.3 is 9.84 Å². The van der Waals surface area contributed by atoms with Crippen LogP contribution in [0.2, 0.25) is 0 Å². The minimum Gasteiger partial charge on any atom is -0.489 e. The molecule has 3 rings (SSSR count). The number of hydrogen-bond donors (Lipinski definition) is 1. The van der Waals surface area contributed by atoms with Gasteiger partial charge in [0.15, 0.2) is 0 Å². The fraction of sp³-hybridized carbons (Fsp3) is 0.368. The lowest BCUT2D eigenvalue weighted by Crippen LogP contribution is -2.21. The molecule has 1 atom stereocenters. The van der Waals surface area contributed by atoms with Crippen molar-refractivity contribution in [3.05, 3.63) is 65.7 Å².